The van der Waals surface area contributed by atoms with Gasteiger partial charge in [0.15, 0.2) is 0 Å². The van der Waals surface area contributed by atoms with Crippen LogP contribution in [0.2, 0.25) is 0 Å². The zero-order valence-electron chi connectivity index (χ0n) is 8.35. The number of hydrogen-bond donors (Lipinski definition) is 1. The van der Waals surface area contributed by atoms with Crippen LogP contribution in [0.25, 0.3) is 0 Å². The van der Waals surface area contributed by atoms with Crippen LogP contribution in [0.5, 0.6) is 0 Å². The Bertz CT molecular complexity index is 211. The zero-order valence-corrected chi connectivity index (χ0v) is 9.16. The summed E-state index contributed by atoms with van der Waals surface area (Å²) in [4.78, 5) is 11.4. The molecule has 0 unspecified atom stereocenters. The van der Waals surface area contributed by atoms with E-state index < -0.39 is 12.0 Å². The average Bonchev–Trinajstić information content (AvgIpc) is 2.53. The molecule has 1 N–H and O–H groups in total. The first-order valence-electron chi connectivity index (χ1n) is 4.71. The summed E-state index contributed by atoms with van der Waals surface area (Å²) in [7, 11) is 0. The highest BCUT2D eigenvalue weighted by molar-refractivity contribution is 8.00. The van der Waals surface area contributed by atoms with Gasteiger partial charge in [-0.1, -0.05) is 0 Å². The van der Waals surface area contributed by atoms with Gasteiger partial charge < -0.3 is 5.32 Å². The number of alkyl halides is 2. The van der Waals surface area contributed by atoms with E-state index in [0.29, 0.717) is 0 Å². The van der Waals surface area contributed by atoms with Gasteiger partial charge in [-0.3, -0.25) is 4.79 Å². The fourth-order valence-corrected chi connectivity index (χ4v) is 2.39. The fourth-order valence-electron chi connectivity index (χ4n) is 1.22. The van der Waals surface area contributed by atoms with E-state index in [2.05, 4.69) is 5.32 Å². The number of rotatable bonds is 3. The first-order chi connectivity index (χ1) is 6.41. The summed E-state index contributed by atoms with van der Waals surface area (Å²) in [6, 6.07) is -1.09. The molecule has 0 aromatic carbocycles. The summed E-state index contributed by atoms with van der Waals surface area (Å²) in [5, 5.41) is 2.23. The monoisotopic (exact) mass is 223 g/mol. The lowest BCUT2D eigenvalue weighted by Gasteiger charge is -2.22. The summed E-state index contributed by atoms with van der Waals surface area (Å²) in [5.41, 5.74) is 0. The predicted molar refractivity (Wildman–Crippen MR) is 53.7 cm³/mol. The van der Waals surface area contributed by atoms with Crippen LogP contribution >= 0.6 is 11.8 Å². The molecule has 1 rings (SSSR count). The van der Waals surface area contributed by atoms with Crippen LogP contribution in [0.1, 0.15) is 26.7 Å². The van der Waals surface area contributed by atoms with Crippen molar-refractivity contribution in [1.29, 1.82) is 0 Å². The molecule has 82 valence electrons. The van der Waals surface area contributed by atoms with E-state index in [4.69, 9.17) is 0 Å². The Balaban J connectivity index is 2.40. The molecule has 1 aliphatic rings. The molecule has 0 bridgehead atoms. The molecule has 1 fully saturated rings. The van der Waals surface area contributed by atoms with Crippen LogP contribution in [0.3, 0.4) is 0 Å². The molecule has 5 heteroatoms. The van der Waals surface area contributed by atoms with Crippen molar-refractivity contribution in [3.63, 3.8) is 0 Å². The lowest BCUT2D eigenvalue weighted by molar-refractivity contribution is -0.124. The molecule has 0 aromatic rings. The molecular formula is C9H15F2NOS. The third kappa shape index (κ3) is 3.12. The Morgan fingerprint density at radius 2 is 2.29 bits per heavy atom. The summed E-state index contributed by atoms with van der Waals surface area (Å²) in [6.07, 6.45) is 1.80. The van der Waals surface area contributed by atoms with Crippen LogP contribution < -0.4 is 5.32 Å². The molecule has 14 heavy (non-hydrogen) atoms. The van der Waals surface area contributed by atoms with Crippen molar-refractivity contribution >= 4 is 17.7 Å². The van der Waals surface area contributed by atoms with Crippen molar-refractivity contribution in [2.75, 3.05) is 5.75 Å². The Kier molecular flexibility index (Phi) is 3.75. The average molecular weight is 223 g/mol. The molecular weight excluding hydrogens is 208 g/mol. The predicted octanol–water partition coefficient (Wildman–Crippen LogP) is 2.04. The SMILES string of the molecule is C[C@H](NC(=O)[C@@H]1CCCS1)C(C)(F)F. The van der Waals surface area contributed by atoms with Crippen molar-refractivity contribution in [3.05, 3.63) is 0 Å². The van der Waals surface area contributed by atoms with Gasteiger partial charge in [0.1, 0.15) is 0 Å². The molecule has 1 aliphatic heterocycles. The van der Waals surface area contributed by atoms with Gasteiger partial charge in [0.05, 0.1) is 11.3 Å². The topological polar surface area (TPSA) is 29.1 Å². The standard InChI is InChI=1S/C9H15F2NOS/c1-6(9(2,10)11)12-8(13)7-4-3-5-14-7/h6-7H,3-5H2,1-2H3,(H,12,13)/t6-,7-/m0/s1. The quantitative estimate of drug-likeness (QED) is 0.793. The fraction of sp³-hybridized carbons (Fsp3) is 0.889. The van der Waals surface area contributed by atoms with Crippen LogP contribution in [0.15, 0.2) is 0 Å². The highest BCUT2D eigenvalue weighted by Gasteiger charge is 2.33. The summed E-state index contributed by atoms with van der Waals surface area (Å²) in [6.45, 7) is 2.15. The third-order valence-corrected chi connectivity index (χ3v) is 3.72. The molecule has 0 spiro atoms. The van der Waals surface area contributed by atoms with Crippen LogP contribution in [-0.4, -0.2) is 28.9 Å². The Hall–Kier alpha value is -0.320. The second kappa shape index (κ2) is 4.47. The van der Waals surface area contributed by atoms with Gasteiger partial charge in [-0.15, -0.1) is 11.8 Å². The van der Waals surface area contributed by atoms with E-state index in [-0.39, 0.29) is 11.2 Å². The van der Waals surface area contributed by atoms with E-state index in [1.807, 2.05) is 0 Å². The first-order valence-corrected chi connectivity index (χ1v) is 5.76. The van der Waals surface area contributed by atoms with Crippen molar-refractivity contribution in [2.24, 2.45) is 0 Å². The second-order valence-electron chi connectivity index (χ2n) is 3.69. The first kappa shape index (κ1) is 11.8. The van der Waals surface area contributed by atoms with Crippen LogP contribution in [0, 0.1) is 0 Å². The van der Waals surface area contributed by atoms with E-state index in [1.165, 1.54) is 6.92 Å². The minimum absolute atomic E-state index is 0.125. The lowest BCUT2D eigenvalue weighted by atomic mass is 10.2. The zero-order chi connectivity index (χ0) is 10.8. The van der Waals surface area contributed by atoms with Gasteiger partial charge in [-0.05, 0) is 25.5 Å². The van der Waals surface area contributed by atoms with Crippen molar-refractivity contribution in [2.45, 2.75) is 43.9 Å². The third-order valence-electron chi connectivity index (χ3n) is 2.34. The molecule has 1 amide bonds. The second-order valence-corrected chi connectivity index (χ2v) is 5.00. The smallest absolute Gasteiger partial charge is 0.264 e. The van der Waals surface area contributed by atoms with Gasteiger partial charge >= 0.3 is 0 Å². The maximum absolute atomic E-state index is 12.7. The van der Waals surface area contributed by atoms with Crippen LogP contribution in [-0.2, 0) is 4.79 Å². The summed E-state index contributed by atoms with van der Waals surface area (Å²) >= 11 is 1.55. The van der Waals surface area contributed by atoms with Crippen molar-refractivity contribution < 1.29 is 13.6 Å². The maximum atomic E-state index is 12.7. The van der Waals surface area contributed by atoms with Gasteiger partial charge in [0.2, 0.25) is 5.91 Å². The summed E-state index contributed by atoms with van der Waals surface area (Å²) in [5.74, 6) is -2.14. The normalized spacial score (nSPS) is 24.7. The number of hydrogen-bond acceptors (Lipinski definition) is 2. The molecule has 2 atom stereocenters. The summed E-state index contributed by atoms with van der Waals surface area (Å²) < 4.78 is 25.5. The molecule has 0 radical (unpaired) electrons. The Labute approximate surface area is 86.8 Å². The van der Waals surface area contributed by atoms with Gasteiger partial charge in [-0.25, -0.2) is 8.78 Å². The van der Waals surface area contributed by atoms with E-state index in [0.717, 1.165) is 25.5 Å². The largest absolute Gasteiger partial charge is 0.347 e. The van der Waals surface area contributed by atoms with Gasteiger partial charge in [0.25, 0.3) is 5.92 Å². The minimum Gasteiger partial charge on any atom is -0.347 e. The molecule has 0 saturated carbocycles. The van der Waals surface area contributed by atoms with E-state index in [1.54, 1.807) is 11.8 Å². The minimum atomic E-state index is -2.85. The highest BCUT2D eigenvalue weighted by atomic mass is 32.2. The number of halogens is 2. The number of nitrogens with one attached hydrogen (secondary N) is 1. The number of thioether (sulfide) groups is 1. The molecule has 0 aliphatic carbocycles. The molecule has 1 saturated heterocycles. The van der Waals surface area contributed by atoms with E-state index in [9.17, 15) is 13.6 Å². The Morgan fingerprint density at radius 3 is 2.71 bits per heavy atom. The lowest BCUT2D eigenvalue weighted by Crippen LogP contribution is -2.46. The highest BCUT2D eigenvalue weighted by Crippen LogP contribution is 2.27. The molecule has 0 aromatic heterocycles. The Morgan fingerprint density at radius 1 is 1.64 bits per heavy atom. The van der Waals surface area contributed by atoms with Crippen molar-refractivity contribution in [1.82, 2.24) is 5.32 Å². The molecule has 2 nitrogen and oxygen atoms in total. The molecule has 1 heterocycles. The number of carbonyl (C=O) groups is 1. The van der Waals surface area contributed by atoms with Crippen LogP contribution in [0.4, 0.5) is 8.78 Å². The number of amides is 1. The maximum Gasteiger partial charge on any atom is 0.264 e. The van der Waals surface area contributed by atoms with Gasteiger partial charge in [0, 0.05) is 6.92 Å². The van der Waals surface area contributed by atoms with Crippen molar-refractivity contribution in [3.8, 4) is 0 Å². The van der Waals surface area contributed by atoms with E-state index >= 15 is 0 Å². The van der Waals surface area contributed by atoms with Gasteiger partial charge in [-0.2, -0.15) is 0 Å². The number of carbonyl (C=O) groups excluding carboxylic acids is 1.